The summed E-state index contributed by atoms with van der Waals surface area (Å²) < 4.78 is 1.95. The molecule has 66 valence electrons. The molecule has 1 aliphatic rings. The lowest BCUT2D eigenvalue weighted by Gasteiger charge is -2.01. The molecule has 0 saturated heterocycles. The van der Waals surface area contributed by atoms with Crippen LogP contribution in [-0.2, 0) is 19.4 Å². The molecule has 0 saturated carbocycles. The molecule has 0 fully saturated rings. The second kappa shape index (κ2) is 2.81. The molecule has 1 aromatic rings. The van der Waals surface area contributed by atoms with Gasteiger partial charge in [-0.25, -0.2) is 4.68 Å². The van der Waals surface area contributed by atoms with Crippen LogP contribution in [0.4, 0.5) is 5.82 Å². The van der Waals surface area contributed by atoms with E-state index < -0.39 is 0 Å². The number of nitrogen functional groups attached to an aromatic ring is 1. The summed E-state index contributed by atoms with van der Waals surface area (Å²) in [7, 11) is 0. The minimum Gasteiger partial charge on any atom is -0.384 e. The van der Waals surface area contributed by atoms with Gasteiger partial charge >= 0.3 is 0 Å². The number of aryl methyl sites for hydroxylation is 2. The molecule has 0 unspecified atom stereocenters. The smallest absolute Gasteiger partial charge is 0.125 e. The van der Waals surface area contributed by atoms with E-state index in [1.807, 2.05) is 4.68 Å². The summed E-state index contributed by atoms with van der Waals surface area (Å²) in [5.74, 6) is 0.907. The highest BCUT2D eigenvalue weighted by atomic mass is 15.3. The Morgan fingerprint density at radius 1 is 1.50 bits per heavy atom. The van der Waals surface area contributed by atoms with Crippen LogP contribution in [0.3, 0.4) is 0 Å². The van der Waals surface area contributed by atoms with Crippen molar-refractivity contribution in [2.24, 2.45) is 0 Å². The van der Waals surface area contributed by atoms with Gasteiger partial charge in [-0.2, -0.15) is 5.10 Å². The maximum absolute atomic E-state index is 5.94. The fraction of sp³-hybridized carbons (Fsp3) is 0.667. The molecule has 2 rings (SSSR count). The second-order valence-electron chi connectivity index (χ2n) is 3.39. The van der Waals surface area contributed by atoms with Crippen LogP contribution in [0.15, 0.2) is 0 Å². The van der Waals surface area contributed by atoms with E-state index in [0.717, 1.165) is 31.6 Å². The molecule has 1 aliphatic carbocycles. The van der Waals surface area contributed by atoms with Crippen molar-refractivity contribution in [3.63, 3.8) is 0 Å². The molecule has 0 atom stereocenters. The maximum atomic E-state index is 5.94. The summed E-state index contributed by atoms with van der Waals surface area (Å²) in [5.41, 5.74) is 8.49. The predicted octanol–water partition coefficient (Wildman–Crippen LogP) is 1.36. The molecule has 0 aromatic carbocycles. The van der Waals surface area contributed by atoms with Crippen molar-refractivity contribution in [2.75, 3.05) is 5.73 Å². The Labute approximate surface area is 72.6 Å². The minimum atomic E-state index is 0.907. The van der Waals surface area contributed by atoms with Crippen molar-refractivity contribution in [3.05, 3.63) is 11.3 Å². The molecule has 0 amide bonds. The van der Waals surface area contributed by atoms with E-state index in [1.54, 1.807) is 0 Å². The minimum absolute atomic E-state index is 0.907. The van der Waals surface area contributed by atoms with Crippen LogP contribution in [0.2, 0.25) is 0 Å². The summed E-state index contributed by atoms with van der Waals surface area (Å²) in [6.07, 6.45) is 4.58. The first-order valence-electron chi connectivity index (χ1n) is 4.67. The lowest BCUT2D eigenvalue weighted by atomic mass is 10.2. The monoisotopic (exact) mass is 165 g/mol. The van der Waals surface area contributed by atoms with E-state index in [1.165, 1.54) is 17.7 Å². The zero-order chi connectivity index (χ0) is 8.55. The van der Waals surface area contributed by atoms with Crippen molar-refractivity contribution in [2.45, 2.75) is 39.2 Å². The van der Waals surface area contributed by atoms with Gasteiger partial charge in [-0.3, -0.25) is 0 Å². The maximum Gasteiger partial charge on any atom is 0.125 e. The average Bonchev–Trinajstić information content (AvgIpc) is 2.58. The molecule has 3 heteroatoms. The predicted molar refractivity (Wildman–Crippen MR) is 49.0 cm³/mol. The van der Waals surface area contributed by atoms with Crippen LogP contribution in [-0.4, -0.2) is 9.78 Å². The SMILES string of the molecule is CCCn1nc2c(c1N)CCC2. The second-order valence-corrected chi connectivity index (χ2v) is 3.39. The van der Waals surface area contributed by atoms with Gasteiger partial charge in [0.1, 0.15) is 5.82 Å². The van der Waals surface area contributed by atoms with Gasteiger partial charge in [0.05, 0.1) is 5.69 Å². The number of aromatic nitrogens is 2. The van der Waals surface area contributed by atoms with Crippen molar-refractivity contribution in [1.29, 1.82) is 0 Å². The number of nitrogens with zero attached hydrogens (tertiary/aromatic N) is 2. The highest BCUT2D eigenvalue weighted by Crippen LogP contribution is 2.26. The molecule has 3 nitrogen and oxygen atoms in total. The van der Waals surface area contributed by atoms with Crippen molar-refractivity contribution >= 4 is 5.82 Å². The van der Waals surface area contributed by atoms with Gasteiger partial charge in [0.2, 0.25) is 0 Å². The molecule has 1 heterocycles. The average molecular weight is 165 g/mol. The first kappa shape index (κ1) is 7.65. The number of nitrogens with two attached hydrogens (primary N) is 1. The zero-order valence-corrected chi connectivity index (χ0v) is 7.51. The first-order valence-corrected chi connectivity index (χ1v) is 4.67. The molecule has 0 bridgehead atoms. The number of anilines is 1. The quantitative estimate of drug-likeness (QED) is 0.719. The van der Waals surface area contributed by atoms with Crippen LogP contribution < -0.4 is 5.73 Å². The third-order valence-corrected chi connectivity index (χ3v) is 2.45. The summed E-state index contributed by atoms with van der Waals surface area (Å²) in [6.45, 7) is 3.10. The Morgan fingerprint density at radius 2 is 2.33 bits per heavy atom. The Hall–Kier alpha value is -0.990. The first-order chi connectivity index (χ1) is 5.83. The third kappa shape index (κ3) is 1.00. The van der Waals surface area contributed by atoms with E-state index in [4.69, 9.17) is 5.73 Å². The normalized spacial score (nSPS) is 15.1. The summed E-state index contributed by atoms with van der Waals surface area (Å²) >= 11 is 0. The molecule has 12 heavy (non-hydrogen) atoms. The molecule has 1 aromatic heterocycles. The number of rotatable bonds is 2. The summed E-state index contributed by atoms with van der Waals surface area (Å²) in [5, 5.41) is 4.47. The van der Waals surface area contributed by atoms with Gasteiger partial charge in [-0.1, -0.05) is 6.92 Å². The number of hydrogen-bond donors (Lipinski definition) is 1. The molecular formula is C9H15N3. The van der Waals surface area contributed by atoms with E-state index >= 15 is 0 Å². The Balaban J connectivity index is 2.34. The van der Waals surface area contributed by atoms with Gasteiger partial charge in [0, 0.05) is 12.1 Å². The number of fused-ring (bicyclic) bond motifs is 1. The Morgan fingerprint density at radius 3 is 3.00 bits per heavy atom. The zero-order valence-electron chi connectivity index (χ0n) is 7.51. The van der Waals surface area contributed by atoms with Crippen molar-refractivity contribution in [3.8, 4) is 0 Å². The lowest BCUT2D eigenvalue weighted by molar-refractivity contribution is 0.598. The Kier molecular flexibility index (Phi) is 1.79. The molecule has 0 spiro atoms. The standard InChI is InChI=1S/C9H15N3/c1-2-6-12-9(10)7-4-3-5-8(7)11-12/h2-6,10H2,1H3. The number of hydrogen-bond acceptors (Lipinski definition) is 2. The molecular weight excluding hydrogens is 150 g/mol. The van der Waals surface area contributed by atoms with Crippen LogP contribution >= 0.6 is 0 Å². The highest BCUT2D eigenvalue weighted by Gasteiger charge is 2.19. The van der Waals surface area contributed by atoms with Gasteiger partial charge < -0.3 is 5.73 Å². The summed E-state index contributed by atoms with van der Waals surface area (Å²) in [6, 6.07) is 0. The fourth-order valence-corrected chi connectivity index (χ4v) is 1.85. The lowest BCUT2D eigenvalue weighted by Crippen LogP contribution is -2.05. The fourth-order valence-electron chi connectivity index (χ4n) is 1.85. The van der Waals surface area contributed by atoms with E-state index in [-0.39, 0.29) is 0 Å². The Bertz CT molecular complexity index is 288. The van der Waals surface area contributed by atoms with Crippen LogP contribution in [0.5, 0.6) is 0 Å². The van der Waals surface area contributed by atoms with Gasteiger partial charge in [-0.05, 0) is 25.7 Å². The molecule has 0 aliphatic heterocycles. The van der Waals surface area contributed by atoms with Gasteiger partial charge in [0.25, 0.3) is 0 Å². The van der Waals surface area contributed by atoms with Crippen LogP contribution in [0.1, 0.15) is 31.0 Å². The molecule has 0 radical (unpaired) electrons. The summed E-state index contributed by atoms with van der Waals surface area (Å²) in [4.78, 5) is 0. The molecule has 2 N–H and O–H groups in total. The van der Waals surface area contributed by atoms with Gasteiger partial charge in [-0.15, -0.1) is 0 Å². The van der Waals surface area contributed by atoms with Crippen molar-refractivity contribution in [1.82, 2.24) is 9.78 Å². The topological polar surface area (TPSA) is 43.8 Å². The largest absolute Gasteiger partial charge is 0.384 e. The van der Waals surface area contributed by atoms with Gasteiger partial charge in [0.15, 0.2) is 0 Å². The van der Waals surface area contributed by atoms with E-state index in [2.05, 4.69) is 12.0 Å². The van der Waals surface area contributed by atoms with E-state index in [9.17, 15) is 0 Å². The van der Waals surface area contributed by atoms with E-state index in [0.29, 0.717) is 0 Å². The third-order valence-electron chi connectivity index (χ3n) is 2.45. The van der Waals surface area contributed by atoms with Crippen LogP contribution in [0.25, 0.3) is 0 Å². The highest BCUT2D eigenvalue weighted by molar-refractivity contribution is 5.45. The van der Waals surface area contributed by atoms with Crippen molar-refractivity contribution < 1.29 is 0 Å². The van der Waals surface area contributed by atoms with Crippen LogP contribution in [0, 0.1) is 0 Å².